The number of aromatic nitrogens is 2. The molecule has 1 amide bonds. The summed E-state index contributed by atoms with van der Waals surface area (Å²) in [5.74, 6) is -1.04. The van der Waals surface area contributed by atoms with E-state index >= 15 is 0 Å². The Morgan fingerprint density at radius 1 is 1.33 bits per heavy atom. The molecule has 0 bridgehead atoms. The van der Waals surface area contributed by atoms with Crippen molar-refractivity contribution in [2.24, 2.45) is 11.3 Å². The van der Waals surface area contributed by atoms with Crippen LogP contribution in [0.3, 0.4) is 0 Å². The molecule has 8 heteroatoms. The maximum atomic E-state index is 12.3. The zero-order valence-corrected chi connectivity index (χ0v) is 15.9. The quantitative estimate of drug-likeness (QED) is 0.876. The first kappa shape index (κ1) is 18.7. The Morgan fingerprint density at radius 2 is 2.07 bits per heavy atom. The number of fused-ring (bicyclic) bond motifs is 1. The van der Waals surface area contributed by atoms with E-state index in [2.05, 4.69) is 16.4 Å². The number of hydrogen-bond acceptors (Lipinski definition) is 6. The molecule has 1 atom stereocenters. The molecular formula is C19H17N5O2S. The van der Waals surface area contributed by atoms with Crippen LogP contribution in [0.1, 0.15) is 25.1 Å². The van der Waals surface area contributed by atoms with Gasteiger partial charge in [-0.25, -0.2) is 4.98 Å². The summed E-state index contributed by atoms with van der Waals surface area (Å²) in [4.78, 5) is 29.0. The van der Waals surface area contributed by atoms with Crippen LogP contribution in [0, 0.1) is 40.9 Å². The Hall–Kier alpha value is -3.10. The Morgan fingerprint density at radius 3 is 2.74 bits per heavy atom. The second-order valence-electron chi connectivity index (χ2n) is 6.90. The SMILES string of the molecule is Cc1ccc2nc(CSC3=C(C#N)C(C)(C)[C@@H](C#N)C(=O)N3)cc(=O)n2c1. The van der Waals surface area contributed by atoms with E-state index in [9.17, 15) is 20.1 Å². The van der Waals surface area contributed by atoms with Gasteiger partial charge in [0.2, 0.25) is 5.91 Å². The lowest BCUT2D eigenvalue weighted by Gasteiger charge is -2.34. The third-order valence-corrected chi connectivity index (χ3v) is 5.59. The predicted octanol–water partition coefficient (Wildman–Crippen LogP) is 2.27. The first-order valence-corrected chi connectivity index (χ1v) is 9.23. The fraction of sp³-hybridized carbons (Fsp3) is 0.316. The maximum absolute atomic E-state index is 12.3. The lowest BCUT2D eigenvalue weighted by Crippen LogP contribution is -2.44. The molecule has 136 valence electrons. The number of pyridine rings is 1. The lowest BCUT2D eigenvalue weighted by molar-refractivity contribution is -0.125. The molecule has 0 radical (unpaired) electrons. The first-order chi connectivity index (χ1) is 12.8. The van der Waals surface area contributed by atoms with Crippen molar-refractivity contribution in [3.8, 4) is 12.1 Å². The predicted molar refractivity (Wildman–Crippen MR) is 101 cm³/mol. The molecule has 0 unspecified atom stereocenters. The Balaban J connectivity index is 1.93. The van der Waals surface area contributed by atoms with Crippen LogP contribution in [0.25, 0.3) is 5.65 Å². The zero-order valence-electron chi connectivity index (χ0n) is 15.1. The highest BCUT2D eigenvalue weighted by atomic mass is 32.2. The molecule has 1 N–H and O–H groups in total. The number of nitriles is 2. The fourth-order valence-electron chi connectivity index (χ4n) is 3.01. The van der Waals surface area contributed by atoms with Crippen molar-refractivity contribution in [2.75, 3.05) is 0 Å². The van der Waals surface area contributed by atoms with Gasteiger partial charge in [-0.3, -0.25) is 14.0 Å². The summed E-state index contributed by atoms with van der Waals surface area (Å²) in [6.07, 6.45) is 1.73. The summed E-state index contributed by atoms with van der Waals surface area (Å²) < 4.78 is 1.48. The fourth-order valence-corrected chi connectivity index (χ4v) is 4.08. The molecule has 3 heterocycles. The maximum Gasteiger partial charge on any atom is 0.258 e. The molecule has 7 nitrogen and oxygen atoms in total. The average Bonchev–Trinajstić information content (AvgIpc) is 2.60. The summed E-state index contributed by atoms with van der Waals surface area (Å²) in [6, 6.07) is 9.18. The molecule has 0 aliphatic carbocycles. The third kappa shape index (κ3) is 3.32. The van der Waals surface area contributed by atoms with Gasteiger partial charge < -0.3 is 5.32 Å². The normalized spacial score (nSPS) is 18.7. The smallest absolute Gasteiger partial charge is 0.258 e. The van der Waals surface area contributed by atoms with Gasteiger partial charge in [-0.2, -0.15) is 10.5 Å². The van der Waals surface area contributed by atoms with Crippen LogP contribution in [-0.2, 0) is 10.5 Å². The molecule has 3 rings (SSSR count). The number of thioether (sulfide) groups is 1. The summed E-state index contributed by atoms with van der Waals surface area (Å²) in [6.45, 7) is 5.32. The van der Waals surface area contributed by atoms with Crippen molar-refractivity contribution < 1.29 is 4.79 Å². The summed E-state index contributed by atoms with van der Waals surface area (Å²) in [7, 11) is 0. The molecule has 1 aliphatic heterocycles. The number of carbonyl (C=O) groups is 1. The van der Waals surface area contributed by atoms with Crippen molar-refractivity contribution in [1.82, 2.24) is 14.7 Å². The van der Waals surface area contributed by atoms with Gasteiger partial charge in [-0.05, 0) is 18.6 Å². The van der Waals surface area contributed by atoms with Gasteiger partial charge >= 0.3 is 0 Å². The molecule has 1 aliphatic rings. The molecular weight excluding hydrogens is 362 g/mol. The van der Waals surface area contributed by atoms with E-state index in [1.54, 1.807) is 26.1 Å². The molecule has 0 saturated heterocycles. The van der Waals surface area contributed by atoms with Crippen LogP contribution in [0.4, 0.5) is 0 Å². The average molecular weight is 379 g/mol. The number of carbonyl (C=O) groups excluding carboxylic acids is 1. The summed E-state index contributed by atoms with van der Waals surface area (Å²) in [5.41, 5.74) is 1.32. The molecule has 0 saturated carbocycles. The minimum absolute atomic E-state index is 0.189. The van der Waals surface area contributed by atoms with Crippen molar-refractivity contribution in [3.05, 3.63) is 56.6 Å². The zero-order chi connectivity index (χ0) is 19.8. The lowest BCUT2D eigenvalue weighted by atomic mass is 9.72. The van der Waals surface area contributed by atoms with E-state index in [1.807, 2.05) is 19.1 Å². The van der Waals surface area contributed by atoms with Crippen molar-refractivity contribution in [3.63, 3.8) is 0 Å². The van der Waals surface area contributed by atoms with Crippen LogP contribution in [0.5, 0.6) is 0 Å². The largest absolute Gasteiger partial charge is 0.319 e. The second-order valence-corrected chi connectivity index (χ2v) is 7.88. The highest BCUT2D eigenvalue weighted by Crippen LogP contribution is 2.42. The van der Waals surface area contributed by atoms with Crippen molar-refractivity contribution in [1.29, 1.82) is 10.5 Å². The molecule has 27 heavy (non-hydrogen) atoms. The number of nitrogens with one attached hydrogen (secondary N) is 1. The van der Waals surface area contributed by atoms with Crippen molar-refractivity contribution >= 4 is 23.3 Å². The van der Waals surface area contributed by atoms with Gasteiger partial charge in [0.05, 0.1) is 28.4 Å². The van der Waals surface area contributed by atoms with Gasteiger partial charge in [-0.1, -0.05) is 19.9 Å². The number of amides is 1. The Labute approximate surface area is 160 Å². The van der Waals surface area contributed by atoms with Gasteiger partial charge in [0.15, 0.2) is 0 Å². The Bertz CT molecular complexity index is 1120. The molecule has 0 aromatic carbocycles. The molecule has 0 fully saturated rings. The van der Waals surface area contributed by atoms with Gasteiger partial charge in [0.25, 0.3) is 5.56 Å². The number of hydrogen-bond donors (Lipinski definition) is 1. The molecule has 2 aromatic heterocycles. The minimum Gasteiger partial charge on any atom is -0.319 e. The monoisotopic (exact) mass is 379 g/mol. The van der Waals surface area contributed by atoms with Crippen LogP contribution in [0.15, 0.2) is 39.8 Å². The van der Waals surface area contributed by atoms with Crippen LogP contribution < -0.4 is 10.9 Å². The van der Waals surface area contributed by atoms with Crippen LogP contribution in [0.2, 0.25) is 0 Å². The second kappa shape index (κ2) is 6.90. The number of rotatable bonds is 3. The Kier molecular flexibility index (Phi) is 4.77. The van der Waals surface area contributed by atoms with E-state index in [-0.39, 0.29) is 5.56 Å². The van der Waals surface area contributed by atoms with E-state index in [4.69, 9.17) is 0 Å². The number of aryl methyl sites for hydroxylation is 1. The third-order valence-electron chi connectivity index (χ3n) is 4.56. The van der Waals surface area contributed by atoms with Gasteiger partial charge in [0, 0.05) is 23.4 Å². The first-order valence-electron chi connectivity index (χ1n) is 8.25. The van der Waals surface area contributed by atoms with Gasteiger partial charge in [0.1, 0.15) is 11.6 Å². The van der Waals surface area contributed by atoms with Crippen LogP contribution in [-0.4, -0.2) is 15.3 Å². The van der Waals surface area contributed by atoms with Gasteiger partial charge in [-0.15, -0.1) is 11.8 Å². The van der Waals surface area contributed by atoms with E-state index < -0.39 is 17.2 Å². The van der Waals surface area contributed by atoms with E-state index in [1.165, 1.54) is 22.2 Å². The topological polar surface area (TPSA) is 111 Å². The summed E-state index contributed by atoms with van der Waals surface area (Å²) in [5, 5.41) is 21.9. The highest BCUT2D eigenvalue weighted by Gasteiger charge is 2.44. The highest BCUT2D eigenvalue weighted by molar-refractivity contribution is 8.02. The standard InChI is InChI=1S/C19H17N5O2S/c1-11-4-5-15-22-12(6-16(25)24(15)9-11)10-27-18-14(8-21)19(2,3)13(7-20)17(26)23-18/h4-6,9,13H,10H2,1-3H3,(H,23,26)/t13-/m0/s1. The summed E-state index contributed by atoms with van der Waals surface area (Å²) >= 11 is 1.23. The van der Waals surface area contributed by atoms with Crippen molar-refractivity contribution in [2.45, 2.75) is 26.5 Å². The molecule has 2 aromatic rings. The molecule has 0 spiro atoms. The van der Waals surface area contributed by atoms with Crippen LogP contribution >= 0.6 is 11.8 Å². The van der Waals surface area contributed by atoms with E-state index in [0.717, 1.165) is 5.56 Å². The number of allylic oxidation sites excluding steroid dienone is 1. The number of nitrogens with zero attached hydrogens (tertiary/aromatic N) is 4. The van der Waals surface area contributed by atoms with E-state index in [0.29, 0.717) is 27.7 Å². The minimum atomic E-state index is -0.928.